The number of ether oxygens (including phenoxy) is 2. The van der Waals surface area contributed by atoms with Crippen molar-refractivity contribution >= 4 is 29.1 Å². The van der Waals surface area contributed by atoms with Gasteiger partial charge in [0.1, 0.15) is 12.4 Å². The van der Waals surface area contributed by atoms with Gasteiger partial charge in [0, 0.05) is 16.8 Å². The predicted octanol–water partition coefficient (Wildman–Crippen LogP) is 5.48. The van der Waals surface area contributed by atoms with Crippen LogP contribution in [0, 0.1) is 5.41 Å². The van der Waals surface area contributed by atoms with E-state index in [2.05, 4.69) is 4.98 Å². The third-order valence-corrected chi connectivity index (χ3v) is 4.16. The van der Waals surface area contributed by atoms with E-state index in [0.717, 1.165) is 22.6 Å². The van der Waals surface area contributed by atoms with Crippen molar-refractivity contribution < 1.29 is 9.47 Å². The Bertz CT molecular complexity index is 921. The fourth-order valence-electron chi connectivity index (χ4n) is 2.49. The van der Waals surface area contributed by atoms with Gasteiger partial charge in [-0.1, -0.05) is 41.9 Å². The number of benzene rings is 2. The lowest BCUT2D eigenvalue weighted by molar-refractivity contribution is 0.301. The van der Waals surface area contributed by atoms with Crippen LogP contribution in [-0.4, -0.2) is 18.0 Å². The number of rotatable bonds is 6. The molecule has 0 fully saturated rings. The minimum Gasteiger partial charge on any atom is -0.487 e. The standard InChI is InChI=1S/C22H19ClN2O2/c1-26-22(24)21(14-16-5-9-18(23)10-6-16)17-7-11-20(12-8-17)27-15-19-4-2-3-13-25-19/h2-14,24H,15H2,1H3. The number of nitrogens with zero attached hydrogens (tertiary/aromatic N) is 1. The Hall–Kier alpha value is -3.11. The Balaban J connectivity index is 1.79. The first-order chi connectivity index (χ1) is 13.2. The van der Waals surface area contributed by atoms with Crippen LogP contribution in [0.2, 0.25) is 5.02 Å². The highest BCUT2D eigenvalue weighted by Gasteiger charge is 2.10. The van der Waals surface area contributed by atoms with Crippen molar-refractivity contribution in [2.24, 2.45) is 0 Å². The molecule has 0 unspecified atom stereocenters. The fourth-order valence-corrected chi connectivity index (χ4v) is 2.61. The Morgan fingerprint density at radius 3 is 2.41 bits per heavy atom. The van der Waals surface area contributed by atoms with Crippen LogP contribution in [0.5, 0.6) is 5.75 Å². The van der Waals surface area contributed by atoms with Gasteiger partial charge in [0.25, 0.3) is 0 Å². The van der Waals surface area contributed by atoms with Gasteiger partial charge in [-0.3, -0.25) is 10.4 Å². The molecule has 3 aromatic rings. The normalized spacial score (nSPS) is 11.1. The zero-order chi connectivity index (χ0) is 19.1. The number of nitrogens with one attached hydrogen (secondary N) is 1. The zero-order valence-corrected chi connectivity index (χ0v) is 15.6. The molecule has 3 rings (SSSR count). The van der Waals surface area contributed by atoms with E-state index in [-0.39, 0.29) is 5.90 Å². The molecular weight excluding hydrogens is 360 g/mol. The average Bonchev–Trinajstić information content (AvgIpc) is 2.72. The lowest BCUT2D eigenvalue weighted by Gasteiger charge is -2.11. The molecule has 1 aromatic heterocycles. The molecule has 0 bridgehead atoms. The summed E-state index contributed by atoms with van der Waals surface area (Å²) < 4.78 is 10.9. The summed E-state index contributed by atoms with van der Waals surface area (Å²) in [7, 11) is 1.49. The van der Waals surface area contributed by atoms with Crippen molar-refractivity contribution in [3.8, 4) is 5.75 Å². The van der Waals surface area contributed by atoms with E-state index in [1.54, 1.807) is 6.20 Å². The highest BCUT2D eigenvalue weighted by molar-refractivity contribution is 6.30. The molecule has 1 N–H and O–H groups in total. The van der Waals surface area contributed by atoms with Gasteiger partial charge in [-0.05, 0) is 53.6 Å². The molecule has 5 heteroatoms. The van der Waals surface area contributed by atoms with E-state index in [1.807, 2.05) is 72.8 Å². The Labute approximate surface area is 163 Å². The van der Waals surface area contributed by atoms with Crippen LogP contribution < -0.4 is 4.74 Å². The maximum atomic E-state index is 8.11. The van der Waals surface area contributed by atoms with E-state index < -0.39 is 0 Å². The smallest absolute Gasteiger partial charge is 0.213 e. The lowest BCUT2D eigenvalue weighted by Crippen LogP contribution is -2.03. The molecule has 27 heavy (non-hydrogen) atoms. The van der Waals surface area contributed by atoms with Gasteiger partial charge in [0.15, 0.2) is 0 Å². The van der Waals surface area contributed by atoms with Crippen LogP contribution >= 0.6 is 11.6 Å². The number of pyridine rings is 1. The Morgan fingerprint density at radius 1 is 1.04 bits per heavy atom. The molecule has 0 atom stereocenters. The first-order valence-corrected chi connectivity index (χ1v) is 8.77. The van der Waals surface area contributed by atoms with Crippen molar-refractivity contribution in [3.63, 3.8) is 0 Å². The number of methoxy groups -OCH3 is 1. The van der Waals surface area contributed by atoms with E-state index in [0.29, 0.717) is 17.2 Å². The molecule has 0 saturated carbocycles. The number of aromatic nitrogens is 1. The van der Waals surface area contributed by atoms with Crippen molar-refractivity contribution in [2.75, 3.05) is 7.11 Å². The van der Waals surface area contributed by atoms with Crippen LogP contribution in [0.25, 0.3) is 11.6 Å². The molecular formula is C22H19ClN2O2. The first-order valence-electron chi connectivity index (χ1n) is 8.39. The number of hydrogen-bond acceptors (Lipinski definition) is 4. The summed E-state index contributed by atoms with van der Waals surface area (Å²) in [6, 6.07) is 20.7. The van der Waals surface area contributed by atoms with Gasteiger partial charge in [-0.2, -0.15) is 0 Å². The van der Waals surface area contributed by atoms with Crippen LogP contribution in [0.15, 0.2) is 72.9 Å². The molecule has 2 aromatic carbocycles. The second-order valence-corrected chi connectivity index (χ2v) is 6.21. The highest BCUT2D eigenvalue weighted by Crippen LogP contribution is 2.23. The third-order valence-electron chi connectivity index (χ3n) is 3.91. The summed E-state index contributed by atoms with van der Waals surface area (Å²) in [6.07, 6.45) is 3.64. The molecule has 0 aliphatic carbocycles. The fraction of sp³-hybridized carbons (Fsp3) is 0.0909. The molecule has 0 amide bonds. The van der Waals surface area contributed by atoms with Crippen molar-refractivity contribution in [1.82, 2.24) is 4.98 Å². The largest absolute Gasteiger partial charge is 0.487 e. The summed E-state index contributed by atoms with van der Waals surface area (Å²) in [5.74, 6) is 0.825. The molecule has 0 spiro atoms. The Kier molecular flexibility index (Phi) is 6.23. The van der Waals surface area contributed by atoms with Gasteiger partial charge in [0.05, 0.1) is 12.8 Å². The van der Waals surface area contributed by atoms with Gasteiger partial charge < -0.3 is 9.47 Å². The maximum Gasteiger partial charge on any atom is 0.213 e. The van der Waals surface area contributed by atoms with Crippen molar-refractivity contribution in [3.05, 3.63) is 94.8 Å². The van der Waals surface area contributed by atoms with Crippen LogP contribution in [-0.2, 0) is 11.3 Å². The minimum atomic E-state index is 0.0899. The van der Waals surface area contributed by atoms with Crippen LogP contribution in [0.3, 0.4) is 0 Å². The van der Waals surface area contributed by atoms with Crippen molar-refractivity contribution in [2.45, 2.75) is 6.61 Å². The minimum absolute atomic E-state index is 0.0899. The summed E-state index contributed by atoms with van der Waals surface area (Å²) in [5, 5.41) is 8.79. The van der Waals surface area contributed by atoms with E-state index in [9.17, 15) is 0 Å². The van der Waals surface area contributed by atoms with Crippen LogP contribution in [0.1, 0.15) is 16.8 Å². The van der Waals surface area contributed by atoms with Gasteiger partial charge in [-0.15, -0.1) is 0 Å². The highest BCUT2D eigenvalue weighted by atomic mass is 35.5. The summed E-state index contributed by atoms with van der Waals surface area (Å²) in [4.78, 5) is 4.24. The number of halogens is 1. The monoisotopic (exact) mass is 378 g/mol. The molecule has 0 aliphatic heterocycles. The average molecular weight is 379 g/mol. The second kappa shape index (κ2) is 9.01. The quantitative estimate of drug-likeness (QED) is 0.351. The topological polar surface area (TPSA) is 55.2 Å². The molecule has 136 valence electrons. The van der Waals surface area contributed by atoms with E-state index in [1.165, 1.54) is 7.11 Å². The summed E-state index contributed by atoms with van der Waals surface area (Å²) in [5.41, 5.74) is 3.34. The Morgan fingerprint density at radius 2 is 1.78 bits per heavy atom. The molecule has 0 aliphatic rings. The van der Waals surface area contributed by atoms with Gasteiger partial charge in [0.2, 0.25) is 5.90 Å². The van der Waals surface area contributed by atoms with Crippen LogP contribution in [0.4, 0.5) is 0 Å². The maximum absolute atomic E-state index is 8.11. The van der Waals surface area contributed by atoms with Gasteiger partial charge in [-0.25, -0.2) is 0 Å². The molecule has 1 heterocycles. The SMILES string of the molecule is COC(=N)C(=Cc1ccc(Cl)cc1)c1ccc(OCc2ccccn2)cc1. The number of hydrogen-bond donors (Lipinski definition) is 1. The lowest BCUT2D eigenvalue weighted by atomic mass is 10.0. The van der Waals surface area contributed by atoms with Crippen molar-refractivity contribution in [1.29, 1.82) is 5.41 Å². The predicted molar refractivity (Wildman–Crippen MR) is 109 cm³/mol. The third kappa shape index (κ3) is 5.19. The summed E-state index contributed by atoms with van der Waals surface area (Å²) >= 11 is 5.94. The van der Waals surface area contributed by atoms with Gasteiger partial charge >= 0.3 is 0 Å². The molecule has 4 nitrogen and oxygen atoms in total. The summed E-state index contributed by atoms with van der Waals surface area (Å²) in [6.45, 7) is 0.404. The first kappa shape index (κ1) is 18.7. The molecule has 0 saturated heterocycles. The van der Waals surface area contributed by atoms with E-state index in [4.69, 9.17) is 26.5 Å². The second-order valence-electron chi connectivity index (χ2n) is 5.78. The molecule has 0 radical (unpaired) electrons. The zero-order valence-electron chi connectivity index (χ0n) is 14.9. The van der Waals surface area contributed by atoms with E-state index >= 15 is 0 Å².